The van der Waals surface area contributed by atoms with Crippen molar-refractivity contribution in [1.29, 1.82) is 0 Å². The first-order valence-electron chi connectivity index (χ1n) is 7.69. The number of urea groups is 1. The van der Waals surface area contributed by atoms with Crippen LogP contribution in [0.5, 0.6) is 0 Å². The average Bonchev–Trinajstić information content (AvgIpc) is 2.77. The van der Waals surface area contributed by atoms with E-state index in [0.29, 0.717) is 50.4 Å². The van der Waals surface area contributed by atoms with E-state index in [1.54, 1.807) is 0 Å². The first-order chi connectivity index (χ1) is 11.0. The Kier molecular flexibility index (Phi) is 4.26. The summed E-state index contributed by atoms with van der Waals surface area (Å²) in [5.41, 5.74) is 2.39. The molecule has 0 spiro atoms. The van der Waals surface area contributed by atoms with Crippen LogP contribution in [0, 0.1) is 0 Å². The molecule has 0 aromatic heterocycles. The Bertz CT molecular complexity index is 507. The van der Waals surface area contributed by atoms with E-state index in [1.807, 2.05) is 0 Å². The zero-order valence-corrected chi connectivity index (χ0v) is 12.6. The first kappa shape index (κ1) is 15.8. The third-order valence-electron chi connectivity index (χ3n) is 4.69. The SMILES string of the molecule is O=C(NOC1CCN(C(=O)O)CC1)[C@@H]1CC[C@@H]2CN1C(=O)N2O. The smallest absolute Gasteiger partial charge is 0.407 e. The second kappa shape index (κ2) is 6.20. The van der Waals surface area contributed by atoms with Gasteiger partial charge in [0.1, 0.15) is 6.04 Å². The van der Waals surface area contributed by atoms with E-state index in [4.69, 9.17) is 9.94 Å². The molecule has 10 heteroatoms. The van der Waals surface area contributed by atoms with Gasteiger partial charge in [-0.1, -0.05) is 0 Å². The lowest BCUT2D eigenvalue weighted by Crippen LogP contribution is -2.51. The zero-order chi connectivity index (χ0) is 16.6. The van der Waals surface area contributed by atoms with Crippen molar-refractivity contribution in [2.75, 3.05) is 19.6 Å². The highest BCUT2D eigenvalue weighted by Gasteiger charge is 2.46. The Morgan fingerprint density at radius 1 is 1.17 bits per heavy atom. The number of nitrogens with one attached hydrogen (secondary N) is 1. The largest absolute Gasteiger partial charge is 0.465 e. The lowest BCUT2D eigenvalue weighted by molar-refractivity contribution is -0.145. The number of rotatable bonds is 3. The molecular weight excluding hydrogens is 308 g/mol. The summed E-state index contributed by atoms with van der Waals surface area (Å²) in [5, 5.41) is 19.2. The lowest BCUT2D eigenvalue weighted by Gasteiger charge is -2.31. The normalized spacial score (nSPS) is 28.2. The molecule has 3 heterocycles. The minimum Gasteiger partial charge on any atom is -0.465 e. The van der Waals surface area contributed by atoms with Gasteiger partial charge in [0.2, 0.25) is 0 Å². The molecule has 3 N–H and O–H groups in total. The minimum absolute atomic E-state index is 0.241. The number of carbonyl (C=O) groups is 3. The number of hydrogen-bond donors (Lipinski definition) is 3. The number of hydrogen-bond acceptors (Lipinski definition) is 5. The summed E-state index contributed by atoms with van der Waals surface area (Å²) in [5.74, 6) is -0.409. The van der Waals surface area contributed by atoms with Gasteiger partial charge in [-0.05, 0) is 25.7 Å². The molecule has 3 fully saturated rings. The van der Waals surface area contributed by atoms with Crippen LogP contribution < -0.4 is 5.48 Å². The van der Waals surface area contributed by atoms with E-state index in [2.05, 4.69) is 5.48 Å². The number of hydroxylamine groups is 3. The molecule has 3 aliphatic rings. The molecule has 2 atom stereocenters. The molecule has 2 bridgehead atoms. The number of fused-ring (bicyclic) bond motifs is 2. The monoisotopic (exact) mass is 328 g/mol. The van der Waals surface area contributed by atoms with Crippen LogP contribution >= 0.6 is 0 Å². The van der Waals surface area contributed by atoms with E-state index < -0.39 is 24.1 Å². The number of carboxylic acid groups (broad SMARTS) is 1. The maximum absolute atomic E-state index is 12.2. The van der Waals surface area contributed by atoms with Crippen LogP contribution in [-0.2, 0) is 9.63 Å². The first-order valence-corrected chi connectivity index (χ1v) is 7.69. The Morgan fingerprint density at radius 2 is 1.87 bits per heavy atom. The Hall–Kier alpha value is -2.07. The fraction of sp³-hybridized carbons (Fsp3) is 0.769. The van der Waals surface area contributed by atoms with Gasteiger partial charge in [-0.3, -0.25) is 14.8 Å². The van der Waals surface area contributed by atoms with Crippen LogP contribution in [0.2, 0.25) is 0 Å². The molecule has 3 rings (SSSR count). The van der Waals surface area contributed by atoms with E-state index in [1.165, 1.54) is 9.80 Å². The van der Waals surface area contributed by atoms with Gasteiger partial charge in [0.15, 0.2) is 0 Å². The maximum atomic E-state index is 12.2. The van der Waals surface area contributed by atoms with Gasteiger partial charge in [-0.25, -0.2) is 20.1 Å². The van der Waals surface area contributed by atoms with Crippen LogP contribution in [0.3, 0.4) is 0 Å². The molecule has 0 saturated carbocycles. The van der Waals surface area contributed by atoms with Crippen LogP contribution in [0.15, 0.2) is 0 Å². The van der Waals surface area contributed by atoms with Gasteiger partial charge in [-0.15, -0.1) is 0 Å². The quantitative estimate of drug-likeness (QED) is 0.488. The molecule has 0 radical (unpaired) electrons. The van der Waals surface area contributed by atoms with Gasteiger partial charge in [0.05, 0.1) is 12.1 Å². The molecule has 0 unspecified atom stereocenters. The fourth-order valence-electron chi connectivity index (χ4n) is 3.30. The number of amides is 4. The van der Waals surface area contributed by atoms with E-state index in [0.717, 1.165) is 0 Å². The van der Waals surface area contributed by atoms with Crippen molar-refractivity contribution >= 4 is 18.0 Å². The lowest BCUT2D eigenvalue weighted by atomic mass is 10.0. The van der Waals surface area contributed by atoms with Gasteiger partial charge in [0.25, 0.3) is 5.91 Å². The summed E-state index contributed by atoms with van der Waals surface area (Å²) >= 11 is 0. The van der Waals surface area contributed by atoms with Crippen LogP contribution in [-0.4, -0.2) is 81.0 Å². The Morgan fingerprint density at radius 3 is 2.52 bits per heavy atom. The van der Waals surface area contributed by atoms with Crippen molar-refractivity contribution in [3.8, 4) is 0 Å². The maximum Gasteiger partial charge on any atom is 0.407 e. The molecule has 3 saturated heterocycles. The molecule has 23 heavy (non-hydrogen) atoms. The van der Waals surface area contributed by atoms with Crippen molar-refractivity contribution in [2.24, 2.45) is 0 Å². The third kappa shape index (κ3) is 3.04. The highest BCUT2D eigenvalue weighted by molar-refractivity contribution is 5.87. The standard InChI is InChI=1S/C13H20N4O6/c18-11(10-2-1-8-7-16(10)12(19)17(8)22)14-23-9-3-5-15(6-4-9)13(20)21/h8-10,22H,1-7H2,(H,14,18)(H,20,21)/t8-,10+/m1/s1. The van der Waals surface area contributed by atoms with Crippen LogP contribution in [0.4, 0.5) is 9.59 Å². The molecule has 0 aromatic carbocycles. The zero-order valence-electron chi connectivity index (χ0n) is 12.6. The van der Waals surface area contributed by atoms with Gasteiger partial charge in [0, 0.05) is 19.6 Å². The third-order valence-corrected chi connectivity index (χ3v) is 4.69. The second-order valence-corrected chi connectivity index (χ2v) is 6.08. The molecule has 128 valence electrons. The molecule has 3 aliphatic heterocycles. The summed E-state index contributed by atoms with van der Waals surface area (Å²) in [6.07, 6.45) is 0.854. The van der Waals surface area contributed by atoms with Crippen molar-refractivity contribution in [3.63, 3.8) is 0 Å². The summed E-state index contributed by atoms with van der Waals surface area (Å²) in [4.78, 5) is 42.9. The Labute approximate surface area is 132 Å². The molecule has 4 amide bonds. The molecule has 0 aromatic rings. The second-order valence-electron chi connectivity index (χ2n) is 6.08. The molecule has 0 aliphatic carbocycles. The summed E-state index contributed by atoms with van der Waals surface area (Å²) in [7, 11) is 0. The number of piperidine rings is 2. The van der Waals surface area contributed by atoms with Gasteiger partial charge >= 0.3 is 12.1 Å². The highest BCUT2D eigenvalue weighted by atomic mass is 16.7. The van der Waals surface area contributed by atoms with E-state index in [9.17, 15) is 19.6 Å². The minimum atomic E-state index is -0.953. The number of likely N-dealkylation sites (tertiary alicyclic amines) is 1. The van der Waals surface area contributed by atoms with Crippen LogP contribution in [0.1, 0.15) is 25.7 Å². The van der Waals surface area contributed by atoms with Gasteiger partial charge in [-0.2, -0.15) is 0 Å². The number of nitrogens with zero attached hydrogens (tertiary/aromatic N) is 3. The Balaban J connectivity index is 1.47. The van der Waals surface area contributed by atoms with Crippen molar-refractivity contribution in [3.05, 3.63) is 0 Å². The fourth-order valence-corrected chi connectivity index (χ4v) is 3.30. The summed E-state index contributed by atoms with van der Waals surface area (Å²) in [6, 6.07) is -1.44. The van der Waals surface area contributed by atoms with Crippen LogP contribution in [0.25, 0.3) is 0 Å². The van der Waals surface area contributed by atoms with Crippen molar-refractivity contribution in [1.82, 2.24) is 20.3 Å². The predicted molar refractivity (Wildman–Crippen MR) is 74.4 cm³/mol. The predicted octanol–water partition coefficient (Wildman–Crippen LogP) is -0.166. The highest BCUT2D eigenvalue weighted by Crippen LogP contribution is 2.28. The van der Waals surface area contributed by atoms with E-state index >= 15 is 0 Å². The number of carbonyl (C=O) groups excluding carboxylic acids is 2. The molecule has 10 nitrogen and oxygen atoms in total. The summed E-state index contributed by atoms with van der Waals surface area (Å²) < 4.78 is 0. The van der Waals surface area contributed by atoms with E-state index in [-0.39, 0.29) is 12.1 Å². The topological polar surface area (TPSA) is 123 Å². The van der Waals surface area contributed by atoms with Gasteiger partial charge < -0.3 is 14.9 Å². The molecular formula is C13H20N4O6. The van der Waals surface area contributed by atoms with Crippen molar-refractivity contribution < 1.29 is 29.5 Å². The van der Waals surface area contributed by atoms with Crippen molar-refractivity contribution in [2.45, 2.75) is 43.9 Å². The summed E-state index contributed by atoms with van der Waals surface area (Å²) in [6.45, 7) is 1.07. The average molecular weight is 328 g/mol.